The molecule has 1 aromatic carbocycles. The summed E-state index contributed by atoms with van der Waals surface area (Å²) in [6.07, 6.45) is 1.76. The van der Waals surface area contributed by atoms with E-state index in [0.717, 1.165) is 5.56 Å². The van der Waals surface area contributed by atoms with Crippen LogP contribution < -0.4 is 0 Å². The van der Waals surface area contributed by atoms with E-state index in [9.17, 15) is 13.9 Å². The number of benzene rings is 1. The maximum atomic E-state index is 14.8. The lowest BCUT2D eigenvalue weighted by Gasteiger charge is -2.38. The van der Waals surface area contributed by atoms with Crippen LogP contribution in [0.25, 0.3) is 0 Å². The van der Waals surface area contributed by atoms with Gasteiger partial charge in [-0.25, -0.2) is 18.7 Å². The molecule has 0 spiro atoms. The highest BCUT2D eigenvalue weighted by molar-refractivity contribution is 5.24. The van der Waals surface area contributed by atoms with Gasteiger partial charge in [0.15, 0.2) is 0 Å². The van der Waals surface area contributed by atoms with Crippen molar-refractivity contribution in [1.82, 2.24) is 14.9 Å². The number of piperidine rings is 1. The molecule has 1 saturated heterocycles. The third kappa shape index (κ3) is 3.60. The molecule has 1 N–H and O–H groups in total. The highest BCUT2D eigenvalue weighted by Gasteiger charge is 2.46. The summed E-state index contributed by atoms with van der Waals surface area (Å²) < 4.78 is 29.5. The zero-order valence-electron chi connectivity index (χ0n) is 13.6. The van der Waals surface area contributed by atoms with Crippen molar-refractivity contribution in [1.29, 1.82) is 0 Å². The fourth-order valence-electron chi connectivity index (χ4n) is 3.26. The maximum absolute atomic E-state index is 14.8. The first-order chi connectivity index (χ1) is 11.5. The van der Waals surface area contributed by atoms with Crippen LogP contribution in [-0.4, -0.2) is 39.0 Å². The van der Waals surface area contributed by atoms with Crippen molar-refractivity contribution >= 4 is 0 Å². The predicted octanol–water partition coefficient (Wildman–Crippen LogP) is 2.90. The predicted molar refractivity (Wildman–Crippen MR) is 86.7 cm³/mol. The Morgan fingerprint density at radius 2 is 2.04 bits per heavy atom. The molecule has 1 aliphatic rings. The van der Waals surface area contributed by atoms with Gasteiger partial charge in [0.25, 0.3) is 5.92 Å². The van der Waals surface area contributed by atoms with Crippen LogP contribution in [0, 0.1) is 6.92 Å². The number of aryl methyl sites for hydroxylation is 1. The standard InChI is InChI=1S/C18H21F2N3O/c1-13-21-9-15(11-24)17(22-13)16-7-8-23(12-18(16,19)20)10-14-5-3-2-4-6-14/h2-6,9,16,24H,7-8,10-12H2,1H3. The van der Waals surface area contributed by atoms with Gasteiger partial charge in [-0.2, -0.15) is 0 Å². The highest BCUT2D eigenvalue weighted by Crippen LogP contribution is 2.41. The van der Waals surface area contributed by atoms with Gasteiger partial charge in [-0.1, -0.05) is 30.3 Å². The van der Waals surface area contributed by atoms with Crippen LogP contribution >= 0.6 is 0 Å². The second kappa shape index (κ2) is 6.91. The van der Waals surface area contributed by atoms with Crippen LogP contribution in [0.5, 0.6) is 0 Å². The van der Waals surface area contributed by atoms with Gasteiger partial charge in [0, 0.05) is 18.3 Å². The zero-order chi connectivity index (χ0) is 17.2. The van der Waals surface area contributed by atoms with E-state index in [1.165, 1.54) is 6.20 Å². The molecule has 0 amide bonds. The molecular weight excluding hydrogens is 312 g/mol. The molecular formula is C18H21F2N3O. The van der Waals surface area contributed by atoms with Crippen molar-refractivity contribution in [2.45, 2.75) is 38.3 Å². The van der Waals surface area contributed by atoms with E-state index in [-0.39, 0.29) is 18.8 Å². The summed E-state index contributed by atoms with van der Waals surface area (Å²) in [5.41, 5.74) is 1.71. The molecule has 1 aromatic heterocycles. The topological polar surface area (TPSA) is 49.3 Å². The molecule has 4 nitrogen and oxygen atoms in total. The van der Waals surface area contributed by atoms with Crippen molar-refractivity contribution in [3.8, 4) is 0 Å². The number of hydrogen-bond acceptors (Lipinski definition) is 4. The molecule has 1 aliphatic heterocycles. The van der Waals surface area contributed by atoms with Gasteiger partial charge in [0.05, 0.1) is 24.8 Å². The van der Waals surface area contributed by atoms with Crippen molar-refractivity contribution < 1.29 is 13.9 Å². The van der Waals surface area contributed by atoms with Gasteiger partial charge in [-0.3, -0.25) is 4.90 Å². The minimum Gasteiger partial charge on any atom is -0.392 e. The lowest BCUT2D eigenvalue weighted by molar-refractivity contribution is -0.0862. The normalized spacial score (nSPS) is 20.9. The summed E-state index contributed by atoms with van der Waals surface area (Å²) in [5.74, 6) is -3.42. The summed E-state index contributed by atoms with van der Waals surface area (Å²) in [4.78, 5) is 9.98. The molecule has 0 aliphatic carbocycles. The van der Waals surface area contributed by atoms with Crippen LogP contribution in [-0.2, 0) is 13.2 Å². The minimum absolute atomic E-state index is 0.286. The average Bonchev–Trinajstić information content (AvgIpc) is 2.55. The van der Waals surface area contributed by atoms with Gasteiger partial charge < -0.3 is 5.11 Å². The molecule has 0 radical (unpaired) electrons. The third-order valence-electron chi connectivity index (χ3n) is 4.45. The van der Waals surface area contributed by atoms with Crippen LogP contribution in [0.2, 0.25) is 0 Å². The van der Waals surface area contributed by atoms with Gasteiger partial charge >= 0.3 is 0 Å². The first-order valence-corrected chi connectivity index (χ1v) is 8.07. The Bertz CT molecular complexity index is 694. The average molecular weight is 333 g/mol. The Hall–Kier alpha value is -1.92. The first kappa shape index (κ1) is 16.9. The second-order valence-electron chi connectivity index (χ2n) is 6.28. The lowest BCUT2D eigenvalue weighted by atomic mass is 9.87. The number of likely N-dealkylation sites (tertiary alicyclic amines) is 1. The summed E-state index contributed by atoms with van der Waals surface area (Å²) >= 11 is 0. The van der Waals surface area contributed by atoms with E-state index in [1.807, 2.05) is 30.3 Å². The zero-order valence-corrected chi connectivity index (χ0v) is 13.6. The molecule has 1 atom stereocenters. The smallest absolute Gasteiger partial charge is 0.268 e. The number of aromatic nitrogens is 2. The van der Waals surface area contributed by atoms with E-state index >= 15 is 0 Å². The van der Waals surface area contributed by atoms with E-state index in [0.29, 0.717) is 30.9 Å². The molecule has 1 unspecified atom stereocenters. The minimum atomic E-state index is -2.89. The number of hydrogen-bond donors (Lipinski definition) is 1. The molecule has 24 heavy (non-hydrogen) atoms. The van der Waals surface area contributed by atoms with Crippen LogP contribution in [0.1, 0.15) is 35.0 Å². The Morgan fingerprint density at radius 3 is 2.71 bits per heavy atom. The highest BCUT2D eigenvalue weighted by atomic mass is 19.3. The Kier molecular flexibility index (Phi) is 4.87. The second-order valence-corrected chi connectivity index (χ2v) is 6.28. The molecule has 1 fully saturated rings. The molecule has 0 saturated carbocycles. The largest absolute Gasteiger partial charge is 0.392 e. The summed E-state index contributed by atoms with van der Waals surface area (Å²) in [5, 5.41) is 9.42. The Morgan fingerprint density at radius 1 is 1.29 bits per heavy atom. The molecule has 2 aromatic rings. The lowest BCUT2D eigenvalue weighted by Crippen LogP contribution is -2.47. The van der Waals surface area contributed by atoms with E-state index < -0.39 is 11.8 Å². The van der Waals surface area contributed by atoms with Crippen molar-refractivity contribution in [3.63, 3.8) is 0 Å². The van der Waals surface area contributed by atoms with Gasteiger partial charge in [-0.05, 0) is 25.5 Å². The number of aliphatic hydroxyl groups is 1. The van der Waals surface area contributed by atoms with Crippen LogP contribution in [0.15, 0.2) is 36.5 Å². The number of nitrogens with zero attached hydrogens (tertiary/aromatic N) is 3. The number of halogens is 2. The maximum Gasteiger partial charge on any atom is 0.268 e. The monoisotopic (exact) mass is 333 g/mol. The van der Waals surface area contributed by atoms with Crippen LogP contribution in [0.4, 0.5) is 8.78 Å². The van der Waals surface area contributed by atoms with Gasteiger partial charge in [0.1, 0.15) is 5.82 Å². The number of rotatable bonds is 4. The van der Waals surface area contributed by atoms with Crippen LogP contribution in [0.3, 0.4) is 0 Å². The summed E-state index contributed by atoms with van der Waals surface area (Å²) in [6.45, 7) is 2.13. The Labute approximate surface area is 140 Å². The molecule has 0 bridgehead atoms. The fourth-order valence-corrected chi connectivity index (χ4v) is 3.26. The SMILES string of the molecule is Cc1ncc(CO)c(C2CCN(Cc3ccccc3)CC2(F)F)n1. The van der Waals surface area contributed by atoms with Crippen molar-refractivity contribution in [2.24, 2.45) is 0 Å². The summed E-state index contributed by atoms with van der Waals surface area (Å²) in [6, 6.07) is 9.64. The van der Waals surface area contributed by atoms with E-state index in [1.54, 1.807) is 11.8 Å². The third-order valence-corrected chi connectivity index (χ3v) is 4.45. The molecule has 2 heterocycles. The number of alkyl halides is 2. The summed E-state index contributed by atoms with van der Waals surface area (Å²) in [7, 11) is 0. The van der Waals surface area contributed by atoms with E-state index in [4.69, 9.17) is 0 Å². The van der Waals surface area contributed by atoms with Gasteiger partial charge in [-0.15, -0.1) is 0 Å². The first-order valence-electron chi connectivity index (χ1n) is 8.07. The fraction of sp³-hybridized carbons (Fsp3) is 0.444. The molecule has 3 rings (SSSR count). The number of aliphatic hydroxyl groups excluding tert-OH is 1. The van der Waals surface area contributed by atoms with Crippen molar-refractivity contribution in [3.05, 3.63) is 59.2 Å². The van der Waals surface area contributed by atoms with Gasteiger partial charge in [0.2, 0.25) is 0 Å². The van der Waals surface area contributed by atoms with Crippen molar-refractivity contribution in [2.75, 3.05) is 13.1 Å². The quantitative estimate of drug-likeness (QED) is 0.935. The van der Waals surface area contributed by atoms with E-state index in [2.05, 4.69) is 9.97 Å². The molecule has 128 valence electrons. The molecule has 6 heteroatoms. The Balaban J connectivity index is 1.78.